The average molecular weight is 269 g/mol. The van der Waals surface area contributed by atoms with Crippen molar-refractivity contribution in [3.63, 3.8) is 0 Å². The van der Waals surface area contributed by atoms with Crippen LogP contribution in [0, 0.1) is 25.2 Å². The number of amides is 1. The van der Waals surface area contributed by atoms with Crippen molar-refractivity contribution >= 4 is 5.91 Å². The first-order valence-electron chi connectivity index (χ1n) is 6.24. The predicted octanol–water partition coefficient (Wildman–Crippen LogP) is 1.20. The summed E-state index contributed by atoms with van der Waals surface area (Å²) < 4.78 is 1.99. The van der Waals surface area contributed by atoms with E-state index < -0.39 is 0 Å². The molecule has 0 aromatic carbocycles. The molecule has 0 fully saturated rings. The van der Waals surface area contributed by atoms with Crippen LogP contribution < -0.4 is 5.32 Å². The number of aromatic nitrogens is 3. The number of carbonyl (C=O) groups is 1. The molecule has 2 heterocycles. The second-order valence-corrected chi connectivity index (χ2v) is 4.41. The standard InChI is InChI=1S/C14H15N5O/c1-10-11(2)19(9-18-10)6-5-16-14(20)12-3-4-13(7-15)17-8-12/h3-4,8-9H,5-6H2,1-2H3,(H,16,20). The van der Waals surface area contributed by atoms with Crippen molar-refractivity contribution in [2.24, 2.45) is 0 Å². The number of nitrogens with one attached hydrogen (secondary N) is 1. The maximum atomic E-state index is 11.9. The average Bonchev–Trinajstić information content (AvgIpc) is 2.79. The molecule has 0 bridgehead atoms. The molecule has 0 spiro atoms. The Labute approximate surface area is 117 Å². The zero-order valence-electron chi connectivity index (χ0n) is 11.4. The monoisotopic (exact) mass is 269 g/mol. The molecular formula is C14H15N5O. The second kappa shape index (κ2) is 5.97. The number of hydrogen-bond acceptors (Lipinski definition) is 4. The van der Waals surface area contributed by atoms with Crippen molar-refractivity contribution in [3.8, 4) is 6.07 Å². The molecule has 6 nitrogen and oxygen atoms in total. The predicted molar refractivity (Wildman–Crippen MR) is 73.0 cm³/mol. The molecule has 2 rings (SSSR count). The number of pyridine rings is 1. The molecule has 0 saturated heterocycles. The number of rotatable bonds is 4. The molecule has 1 amide bonds. The van der Waals surface area contributed by atoms with Gasteiger partial charge in [-0.25, -0.2) is 9.97 Å². The summed E-state index contributed by atoms with van der Waals surface area (Å²) in [4.78, 5) is 19.9. The van der Waals surface area contributed by atoms with Gasteiger partial charge in [-0.1, -0.05) is 0 Å². The Hall–Kier alpha value is -2.68. The first-order valence-corrected chi connectivity index (χ1v) is 6.24. The fourth-order valence-electron chi connectivity index (χ4n) is 1.76. The van der Waals surface area contributed by atoms with Crippen LogP contribution in [0.3, 0.4) is 0 Å². The first-order chi connectivity index (χ1) is 9.61. The third-order valence-electron chi connectivity index (χ3n) is 3.12. The second-order valence-electron chi connectivity index (χ2n) is 4.41. The van der Waals surface area contributed by atoms with Crippen LogP contribution in [0.1, 0.15) is 27.4 Å². The van der Waals surface area contributed by atoms with Gasteiger partial charge in [-0.2, -0.15) is 5.26 Å². The van der Waals surface area contributed by atoms with Gasteiger partial charge in [0.15, 0.2) is 0 Å². The zero-order valence-corrected chi connectivity index (χ0v) is 11.4. The van der Waals surface area contributed by atoms with Crippen molar-refractivity contribution in [1.29, 1.82) is 5.26 Å². The Kier molecular flexibility index (Phi) is 4.11. The van der Waals surface area contributed by atoms with Gasteiger partial charge >= 0.3 is 0 Å². The summed E-state index contributed by atoms with van der Waals surface area (Å²) in [5.41, 5.74) is 2.83. The molecule has 0 radical (unpaired) electrons. The molecule has 1 N–H and O–H groups in total. The molecule has 2 aromatic rings. The van der Waals surface area contributed by atoms with Gasteiger partial charge in [0, 0.05) is 25.0 Å². The molecule has 20 heavy (non-hydrogen) atoms. The van der Waals surface area contributed by atoms with Gasteiger partial charge in [-0.3, -0.25) is 4.79 Å². The van der Waals surface area contributed by atoms with Crippen LogP contribution in [0.25, 0.3) is 0 Å². The van der Waals surface area contributed by atoms with Gasteiger partial charge in [0.25, 0.3) is 5.91 Å². The highest BCUT2D eigenvalue weighted by Gasteiger charge is 2.06. The minimum atomic E-state index is -0.198. The maximum absolute atomic E-state index is 11.9. The summed E-state index contributed by atoms with van der Waals surface area (Å²) in [7, 11) is 0. The fourth-order valence-corrected chi connectivity index (χ4v) is 1.76. The summed E-state index contributed by atoms with van der Waals surface area (Å²) in [6.45, 7) is 5.12. The van der Waals surface area contributed by atoms with E-state index in [9.17, 15) is 4.79 Å². The zero-order chi connectivity index (χ0) is 14.5. The van der Waals surface area contributed by atoms with E-state index in [1.807, 2.05) is 24.5 Å². The maximum Gasteiger partial charge on any atom is 0.252 e. The van der Waals surface area contributed by atoms with Crippen LogP contribution in [0.5, 0.6) is 0 Å². The lowest BCUT2D eigenvalue weighted by atomic mass is 10.2. The number of carbonyl (C=O) groups excluding carboxylic acids is 1. The molecule has 0 aliphatic heterocycles. The van der Waals surface area contributed by atoms with Gasteiger partial charge in [-0.15, -0.1) is 0 Å². The topological polar surface area (TPSA) is 83.6 Å². The highest BCUT2D eigenvalue weighted by atomic mass is 16.1. The van der Waals surface area contributed by atoms with Crippen molar-refractivity contribution in [3.05, 3.63) is 47.3 Å². The smallest absolute Gasteiger partial charge is 0.252 e. The van der Waals surface area contributed by atoms with Gasteiger partial charge < -0.3 is 9.88 Å². The van der Waals surface area contributed by atoms with E-state index in [1.165, 1.54) is 12.3 Å². The van der Waals surface area contributed by atoms with Crippen LogP contribution in [0.2, 0.25) is 0 Å². The van der Waals surface area contributed by atoms with Gasteiger partial charge in [-0.05, 0) is 26.0 Å². The van der Waals surface area contributed by atoms with Crippen LogP contribution >= 0.6 is 0 Å². The highest BCUT2D eigenvalue weighted by Crippen LogP contribution is 2.03. The van der Waals surface area contributed by atoms with E-state index in [2.05, 4.69) is 15.3 Å². The van der Waals surface area contributed by atoms with Crippen LogP contribution in [-0.4, -0.2) is 27.0 Å². The summed E-state index contributed by atoms with van der Waals surface area (Å²) in [6, 6.07) is 5.03. The highest BCUT2D eigenvalue weighted by molar-refractivity contribution is 5.93. The van der Waals surface area contributed by atoms with Crippen molar-refractivity contribution in [2.75, 3.05) is 6.54 Å². The molecule has 6 heteroatoms. The molecule has 0 aliphatic rings. The fraction of sp³-hybridized carbons (Fsp3) is 0.286. The largest absolute Gasteiger partial charge is 0.350 e. The van der Waals surface area contributed by atoms with Crippen molar-refractivity contribution in [1.82, 2.24) is 19.9 Å². The van der Waals surface area contributed by atoms with Crippen LogP contribution in [0.4, 0.5) is 0 Å². The number of hydrogen-bond donors (Lipinski definition) is 1. The summed E-state index contributed by atoms with van der Waals surface area (Å²) >= 11 is 0. The van der Waals surface area contributed by atoms with E-state index in [1.54, 1.807) is 12.4 Å². The Balaban J connectivity index is 1.89. The Morgan fingerprint density at radius 1 is 1.40 bits per heavy atom. The third kappa shape index (κ3) is 3.01. The first kappa shape index (κ1) is 13.7. The number of nitrogens with zero attached hydrogens (tertiary/aromatic N) is 4. The molecule has 0 atom stereocenters. The van der Waals surface area contributed by atoms with Crippen LogP contribution in [-0.2, 0) is 6.54 Å². The van der Waals surface area contributed by atoms with Gasteiger partial charge in [0.2, 0.25) is 0 Å². The minimum Gasteiger partial charge on any atom is -0.350 e. The Morgan fingerprint density at radius 2 is 2.20 bits per heavy atom. The summed E-state index contributed by atoms with van der Waals surface area (Å²) in [5.74, 6) is -0.198. The van der Waals surface area contributed by atoms with Crippen molar-refractivity contribution < 1.29 is 4.79 Å². The van der Waals surface area contributed by atoms with E-state index >= 15 is 0 Å². The molecule has 0 saturated carbocycles. The summed E-state index contributed by atoms with van der Waals surface area (Å²) in [6.07, 6.45) is 3.17. The third-order valence-corrected chi connectivity index (χ3v) is 3.12. The molecule has 0 unspecified atom stereocenters. The molecule has 102 valence electrons. The number of nitriles is 1. The lowest BCUT2D eigenvalue weighted by molar-refractivity contribution is 0.0952. The number of aryl methyl sites for hydroxylation is 1. The SMILES string of the molecule is Cc1ncn(CCNC(=O)c2ccc(C#N)nc2)c1C. The lowest BCUT2D eigenvalue weighted by Gasteiger charge is -2.07. The molecule has 2 aromatic heterocycles. The summed E-state index contributed by atoms with van der Waals surface area (Å²) in [5, 5.41) is 11.5. The Morgan fingerprint density at radius 3 is 2.75 bits per heavy atom. The lowest BCUT2D eigenvalue weighted by Crippen LogP contribution is -2.27. The number of imidazole rings is 1. The quantitative estimate of drug-likeness (QED) is 0.903. The van der Waals surface area contributed by atoms with E-state index in [-0.39, 0.29) is 5.91 Å². The van der Waals surface area contributed by atoms with E-state index in [0.717, 1.165) is 11.4 Å². The normalized spacial score (nSPS) is 10.1. The molecular weight excluding hydrogens is 254 g/mol. The van der Waals surface area contributed by atoms with E-state index in [4.69, 9.17) is 5.26 Å². The molecule has 0 aliphatic carbocycles. The van der Waals surface area contributed by atoms with Gasteiger partial charge in [0.1, 0.15) is 11.8 Å². The van der Waals surface area contributed by atoms with Gasteiger partial charge in [0.05, 0.1) is 17.6 Å². The van der Waals surface area contributed by atoms with Crippen molar-refractivity contribution in [2.45, 2.75) is 20.4 Å². The van der Waals surface area contributed by atoms with Crippen LogP contribution in [0.15, 0.2) is 24.7 Å². The van der Waals surface area contributed by atoms with E-state index in [0.29, 0.717) is 24.3 Å². The Bertz CT molecular complexity index is 651. The minimum absolute atomic E-state index is 0.198.